The van der Waals surface area contributed by atoms with Crippen molar-refractivity contribution in [2.75, 3.05) is 22.8 Å². The summed E-state index contributed by atoms with van der Waals surface area (Å²) in [7, 11) is -3.19. The molecule has 0 aliphatic heterocycles. The van der Waals surface area contributed by atoms with Crippen molar-refractivity contribution in [3.8, 4) is 11.3 Å². The van der Waals surface area contributed by atoms with Gasteiger partial charge >= 0.3 is 0 Å². The molecule has 0 saturated carbocycles. The number of fused-ring (bicyclic) bond motifs is 1. The van der Waals surface area contributed by atoms with Gasteiger partial charge in [0.1, 0.15) is 5.88 Å². The van der Waals surface area contributed by atoms with Gasteiger partial charge in [0.05, 0.1) is 34.9 Å². The molecule has 3 heterocycles. The summed E-state index contributed by atoms with van der Waals surface area (Å²) < 4.78 is 24.8. The van der Waals surface area contributed by atoms with E-state index in [1.54, 1.807) is 22.8 Å². The van der Waals surface area contributed by atoms with Crippen molar-refractivity contribution in [3.05, 3.63) is 66.6 Å². The Morgan fingerprint density at radius 2 is 1.94 bits per heavy atom. The molecule has 4 aromatic rings. The van der Waals surface area contributed by atoms with Crippen LogP contribution in [-0.2, 0) is 9.84 Å². The number of primary amides is 1. The molecular weight excluding hydrogens is 418 g/mol. The minimum absolute atomic E-state index is 0.182. The van der Waals surface area contributed by atoms with E-state index in [9.17, 15) is 13.2 Å². The number of carbonyl (C=O) groups is 1. The Morgan fingerprint density at radius 1 is 1.13 bits per heavy atom. The first kappa shape index (κ1) is 20.3. The molecule has 3 aromatic heterocycles. The van der Waals surface area contributed by atoms with Gasteiger partial charge < -0.3 is 16.4 Å². The van der Waals surface area contributed by atoms with Crippen LogP contribution in [0.2, 0.25) is 0 Å². The second kappa shape index (κ2) is 8.03. The van der Waals surface area contributed by atoms with E-state index in [1.165, 1.54) is 18.6 Å². The molecule has 0 aliphatic rings. The Hall–Kier alpha value is -3.99. The summed E-state index contributed by atoms with van der Waals surface area (Å²) in [5, 5.41) is 10.5. The predicted octanol–water partition coefficient (Wildman–Crippen LogP) is 2.05. The summed E-state index contributed by atoms with van der Waals surface area (Å²) in [6, 6.07) is 12.7. The van der Waals surface area contributed by atoms with E-state index >= 15 is 0 Å². The van der Waals surface area contributed by atoms with Crippen LogP contribution in [0.4, 0.5) is 17.3 Å². The number of rotatable bonds is 7. The number of para-hydroxylation sites is 1. The number of hydrogen-bond donors (Lipinski definition) is 3. The smallest absolute Gasteiger partial charge is 0.250 e. The SMILES string of the molecule is CS(=O)(=O)CNc1ccccc1-c1ccc2cnc(Nc3cncc(C(N)=O)c3)nn12. The van der Waals surface area contributed by atoms with Gasteiger partial charge in [0.2, 0.25) is 11.9 Å². The number of benzene rings is 1. The van der Waals surface area contributed by atoms with Gasteiger partial charge in [-0.2, -0.15) is 0 Å². The van der Waals surface area contributed by atoms with E-state index in [2.05, 4.69) is 25.7 Å². The molecule has 4 rings (SSSR count). The monoisotopic (exact) mass is 437 g/mol. The van der Waals surface area contributed by atoms with Crippen LogP contribution in [0, 0.1) is 0 Å². The van der Waals surface area contributed by atoms with Crippen molar-refractivity contribution in [3.63, 3.8) is 0 Å². The summed E-state index contributed by atoms with van der Waals surface area (Å²) in [6.45, 7) is 0. The highest BCUT2D eigenvalue weighted by Crippen LogP contribution is 2.29. The third-order valence-corrected chi connectivity index (χ3v) is 5.07. The maximum atomic E-state index is 11.6. The lowest BCUT2D eigenvalue weighted by atomic mass is 10.1. The molecule has 1 aromatic carbocycles. The summed E-state index contributed by atoms with van der Waals surface area (Å²) in [5.74, 6) is -0.480. The molecule has 11 heteroatoms. The van der Waals surface area contributed by atoms with E-state index in [1.807, 2.05) is 30.3 Å². The first-order valence-electron chi connectivity index (χ1n) is 9.18. The minimum Gasteiger partial charge on any atom is -0.371 e. The summed E-state index contributed by atoms with van der Waals surface area (Å²) >= 11 is 0. The Labute approximate surface area is 178 Å². The van der Waals surface area contributed by atoms with Crippen molar-refractivity contribution in [1.82, 2.24) is 19.6 Å². The first-order chi connectivity index (χ1) is 14.8. The third-order valence-electron chi connectivity index (χ3n) is 4.41. The zero-order valence-electron chi connectivity index (χ0n) is 16.5. The largest absolute Gasteiger partial charge is 0.371 e. The number of anilines is 3. The molecule has 0 radical (unpaired) electrons. The molecule has 0 aliphatic carbocycles. The van der Waals surface area contributed by atoms with Gasteiger partial charge in [-0.25, -0.2) is 17.9 Å². The number of nitrogens with two attached hydrogens (primary N) is 1. The molecule has 4 N–H and O–H groups in total. The van der Waals surface area contributed by atoms with E-state index in [0.717, 1.165) is 16.8 Å². The van der Waals surface area contributed by atoms with Crippen LogP contribution in [0.3, 0.4) is 0 Å². The summed E-state index contributed by atoms with van der Waals surface area (Å²) in [4.78, 5) is 19.7. The van der Waals surface area contributed by atoms with Crippen LogP contribution >= 0.6 is 0 Å². The van der Waals surface area contributed by atoms with E-state index < -0.39 is 15.7 Å². The molecular formula is C20H19N7O3S. The fourth-order valence-electron chi connectivity index (χ4n) is 3.00. The number of sulfone groups is 1. The lowest BCUT2D eigenvalue weighted by Crippen LogP contribution is -2.13. The number of nitrogens with one attached hydrogen (secondary N) is 2. The van der Waals surface area contributed by atoms with Crippen LogP contribution in [0.25, 0.3) is 16.8 Å². The van der Waals surface area contributed by atoms with Crippen molar-refractivity contribution >= 4 is 38.6 Å². The molecule has 158 valence electrons. The lowest BCUT2D eigenvalue weighted by Gasteiger charge is -2.12. The Balaban J connectivity index is 1.70. The Kier molecular flexibility index (Phi) is 5.26. The fourth-order valence-corrected chi connectivity index (χ4v) is 3.42. The van der Waals surface area contributed by atoms with Crippen LogP contribution < -0.4 is 16.4 Å². The van der Waals surface area contributed by atoms with Crippen molar-refractivity contribution in [2.45, 2.75) is 0 Å². The van der Waals surface area contributed by atoms with Gasteiger partial charge in [-0.1, -0.05) is 18.2 Å². The highest BCUT2D eigenvalue weighted by Gasteiger charge is 2.13. The second-order valence-electron chi connectivity index (χ2n) is 6.88. The van der Waals surface area contributed by atoms with Gasteiger partial charge in [0.25, 0.3) is 0 Å². The first-order valence-corrected chi connectivity index (χ1v) is 11.2. The number of nitrogens with zero attached hydrogens (tertiary/aromatic N) is 4. The van der Waals surface area contributed by atoms with Gasteiger partial charge in [0, 0.05) is 23.7 Å². The molecule has 0 spiro atoms. The van der Waals surface area contributed by atoms with Crippen molar-refractivity contribution in [2.24, 2.45) is 5.73 Å². The molecule has 0 fully saturated rings. The molecule has 0 saturated heterocycles. The van der Waals surface area contributed by atoms with Gasteiger partial charge in [-0.15, -0.1) is 5.10 Å². The van der Waals surface area contributed by atoms with Gasteiger partial charge in [0.15, 0.2) is 9.84 Å². The normalized spacial score (nSPS) is 11.4. The Bertz CT molecular complexity index is 1380. The van der Waals surface area contributed by atoms with E-state index in [4.69, 9.17) is 5.73 Å². The lowest BCUT2D eigenvalue weighted by molar-refractivity contribution is 0.1000. The van der Waals surface area contributed by atoms with E-state index in [0.29, 0.717) is 11.4 Å². The summed E-state index contributed by atoms with van der Waals surface area (Å²) in [5.41, 5.74) is 9.03. The van der Waals surface area contributed by atoms with Crippen LogP contribution in [0.5, 0.6) is 0 Å². The zero-order chi connectivity index (χ0) is 22.0. The van der Waals surface area contributed by atoms with Crippen molar-refractivity contribution in [1.29, 1.82) is 0 Å². The topological polar surface area (TPSA) is 144 Å². The third kappa shape index (κ3) is 4.61. The standard InChI is InChI=1S/C20H19N7O3S/c1-31(29,30)12-24-17-5-3-2-4-16(17)18-7-6-15-11-23-20(26-27(15)18)25-14-8-13(19(21)28)9-22-10-14/h2-11,24H,12H2,1H3,(H2,21,28)(H,25,26). The predicted molar refractivity (Wildman–Crippen MR) is 118 cm³/mol. The number of aromatic nitrogens is 4. The van der Waals surface area contributed by atoms with Crippen LogP contribution in [0.15, 0.2) is 61.1 Å². The molecule has 1 amide bonds. The van der Waals surface area contributed by atoms with Crippen molar-refractivity contribution < 1.29 is 13.2 Å². The average molecular weight is 437 g/mol. The quantitative estimate of drug-likeness (QED) is 0.398. The van der Waals surface area contributed by atoms with E-state index in [-0.39, 0.29) is 17.4 Å². The molecule has 10 nitrogen and oxygen atoms in total. The maximum Gasteiger partial charge on any atom is 0.250 e. The second-order valence-corrected chi connectivity index (χ2v) is 9.02. The highest BCUT2D eigenvalue weighted by molar-refractivity contribution is 7.90. The van der Waals surface area contributed by atoms with Gasteiger partial charge in [-0.3, -0.25) is 9.78 Å². The maximum absolute atomic E-state index is 11.6. The fraction of sp³-hybridized carbons (Fsp3) is 0.100. The zero-order valence-corrected chi connectivity index (χ0v) is 17.3. The number of amides is 1. The summed E-state index contributed by atoms with van der Waals surface area (Å²) in [6.07, 6.45) is 5.72. The molecule has 31 heavy (non-hydrogen) atoms. The molecule has 0 bridgehead atoms. The van der Waals surface area contributed by atoms with Gasteiger partial charge in [-0.05, 0) is 24.3 Å². The molecule has 0 atom stereocenters. The van der Waals surface area contributed by atoms with Crippen LogP contribution in [0.1, 0.15) is 10.4 Å². The Morgan fingerprint density at radius 3 is 2.71 bits per heavy atom. The minimum atomic E-state index is -3.19. The number of pyridine rings is 1. The van der Waals surface area contributed by atoms with Crippen LogP contribution in [-0.4, -0.2) is 46.0 Å². The number of hydrogen-bond acceptors (Lipinski definition) is 8. The molecule has 0 unspecified atom stereocenters. The average Bonchev–Trinajstić information content (AvgIpc) is 3.15. The number of carbonyl (C=O) groups excluding carboxylic acids is 1. The highest BCUT2D eigenvalue weighted by atomic mass is 32.2.